The summed E-state index contributed by atoms with van der Waals surface area (Å²) in [7, 11) is -3.30. The molecule has 108 valence electrons. The van der Waals surface area contributed by atoms with E-state index in [-0.39, 0.29) is 0 Å². The van der Waals surface area contributed by atoms with E-state index >= 15 is 0 Å². The van der Waals surface area contributed by atoms with Gasteiger partial charge in [-0.1, -0.05) is 20.3 Å². The third kappa shape index (κ3) is 5.22. The lowest BCUT2D eigenvalue weighted by atomic mass is 10.1. The third-order valence-electron chi connectivity index (χ3n) is 3.18. The minimum atomic E-state index is -3.30. The summed E-state index contributed by atoms with van der Waals surface area (Å²) < 4.78 is 28.5. The largest absolute Gasteiger partial charge is 0.313 e. The van der Waals surface area contributed by atoms with Crippen molar-refractivity contribution < 1.29 is 8.42 Å². The van der Waals surface area contributed by atoms with E-state index in [1.54, 1.807) is 4.31 Å². The van der Waals surface area contributed by atoms with Crippen LogP contribution in [0.2, 0.25) is 0 Å². The van der Waals surface area contributed by atoms with Crippen molar-refractivity contribution in [3.8, 4) is 0 Å². The summed E-state index contributed by atoms with van der Waals surface area (Å²) in [6, 6.07) is 0.309. The molecule has 0 saturated carbocycles. The summed E-state index contributed by atoms with van der Waals surface area (Å²) in [4.78, 5) is 0. The van der Waals surface area contributed by atoms with E-state index in [1.165, 1.54) is 12.8 Å². The number of nitrogens with one attached hydrogen (secondary N) is 2. The molecule has 5 nitrogen and oxygen atoms in total. The first-order chi connectivity index (χ1) is 8.60. The van der Waals surface area contributed by atoms with Crippen molar-refractivity contribution in [3.05, 3.63) is 0 Å². The van der Waals surface area contributed by atoms with Gasteiger partial charge in [-0.3, -0.25) is 0 Å². The summed E-state index contributed by atoms with van der Waals surface area (Å²) in [5.41, 5.74) is 0. The van der Waals surface area contributed by atoms with Crippen molar-refractivity contribution in [2.45, 2.75) is 52.0 Å². The quantitative estimate of drug-likeness (QED) is 0.698. The highest BCUT2D eigenvalue weighted by Crippen LogP contribution is 2.10. The van der Waals surface area contributed by atoms with Gasteiger partial charge < -0.3 is 5.32 Å². The van der Waals surface area contributed by atoms with Crippen molar-refractivity contribution in [1.29, 1.82) is 0 Å². The molecule has 0 bridgehead atoms. The highest BCUT2D eigenvalue weighted by molar-refractivity contribution is 7.87. The minimum absolute atomic E-state index is 0.309. The summed E-state index contributed by atoms with van der Waals surface area (Å²) in [5.74, 6) is 0. The molecule has 1 unspecified atom stereocenters. The summed E-state index contributed by atoms with van der Waals surface area (Å²) in [6.45, 7) is 6.68. The van der Waals surface area contributed by atoms with Crippen molar-refractivity contribution >= 4 is 10.2 Å². The Morgan fingerprint density at radius 1 is 1.28 bits per heavy atom. The Bertz CT molecular complexity index is 313. The Morgan fingerprint density at radius 3 is 2.61 bits per heavy atom. The first-order valence-electron chi connectivity index (χ1n) is 7.08. The average molecular weight is 277 g/mol. The Hall–Kier alpha value is -0.170. The fourth-order valence-corrected chi connectivity index (χ4v) is 3.65. The lowest BCUT2D eigenvalue weighted by molar-refractivity contribution is 0.310. The van der Waals surface area contributed by atoms with Gasteiger partial charge in [-0.05, 0) is 32.2 Å². The Labute approximate surface area is 112 Å². The van der Waals surface area contributed by atoms with Crippen molar-refractivity contribution in [2.24, 2.45) is 0 Å². The van der Waals surface area contributed by atoms with Gasteiger partial charge in [0.25, 0.3) is 10.2 Å². The maximum absolute atomic E-state index is 12.1. The molecule has 0 aromatic rings. The normalized spacial score (nSPS) is 21.4. The second kappa shape index (κ2) is 8.09. The maximum atomic E-state index is 12.1. The molecule has 1 fully saturated rings. The molecule has 1 saturated heterocycles. The van der Waals surface area contributed by atoms with Crippen LogP contribution < -0.4 is 10.0 Å². The smallest absolute Gasteiger partial charge is 0.279 e. The fraction of sp³-hybridized carbons (Fsp3) is 1.00. The molecule has 2 N–H and O–H groups in total. The first-order valence-corrected chi connectivity index (χ1v) is 8.52. The van der Waals surface area contributed by atoms with Gasteiger partial charge in [-0.15, -0.1) is 0 Å². The van der Waals surface area contributed by atoms with E-state index in [9.17, 15) is 8.42 Å². The lowest BCUT2D eigenvalue weighted by Gasteiger charge is -2.29. The van der Waals surface area contributed by atoms with E-state index < -0.39 is 10.2 Å². The molecule has 6 heteroatoms. The highest BCUT2D eigenvalue weighted by Gasteiger charge is 2.24. The van der Waals surface area contributed by atoms with Gasteiger partial charge in [0, 0.05) is 25.7 Å². The van der Waals surface area contributed by atoms with E-state index in [4.69, 9.17) is 0 Å². The zero-order valence-corrected chi connectivity index (χ0v) is 12.4. The van der Waals surface area contributed by atoms with Crippen LogP contribution in [0.5, 0.6) is 0 Å². The standard InChI is InChI=1S/C12H27N3O2S/c1-3-8-14-18(16,17)15(10-4-2)11-12-7-5-6-9-13-12/h12-14H,3-11H2,1-2H3. The van der Waals surface area contributed by atoms with E-state index in [0.29, 0.717) is 25.7 Å². The molecule has 0 amide bonds. The molecule has 1 heterocycles. The molecule has 18 heavy (non-hydrogen) atoms. The number of rotatable bonds is 8. The van der Waals surface area contributed by atoms with Crippen LogP contribution in [0, 0.1) is 0 Å². The van der Waals surface area contributed by atoms with Crippen LogP contribution in [0.25, 0.3) is 0 Å². The van der Waals surface area contributed by atoms with Crippen molar-refractivity contribution in [1.82, 2.24) is 14.3 Å². The van der Waals surface area contributed by atoms with Crippen LogP contribution in [0.4, 0.5) is 0 Å². The van der Waals surface area contributed by atoms with E-state index in [1.807, 2.05) is 13.8 Å². The average Bonchev–Trinajstić information content (AvgIpc) is 2.37. The summed E-state index contributed by atoms with van der Waals surface area (Å²) >= 11 is 0. The molecule has 1 atom stereocenters. The molecule has 1 rings (SSSR count). The maximum Gasteiger partial charge on any atom is 0.279 e. The van der Waals surface area contributed by atoms with Gasteiger partial charge in [0.05, 0.1) is 0 Å². The molecule has 0 aromatic carbocycles. The minimum Gasteiger partial charge on any atom is -0.313 e. The number of piperidine rings is 1. The first kappa shape index (κ1) is 15.9. The predicted molar refractivity (Wildman–Crippen MR) is 74.7 cm³/mol. The Balaban J connectivity index is 2.56. The van der Waals surface area contributed by atoms with Gasteiger partial charge in [0.1, 0.15) is 0 Å². The van der Waals surface area contributed by atoms with Gasteiger partial charge in [0.2, 0.25) is 0 Å². The van der Waals surface area contributed by atoms with Crippen molar-refractivity contribution in [3.63, 3.8) is 0 Å². The molecule has 0 aliphatic carbocycles. The summed E-state index contributed by atoms with van der Waals surface area (Å²) in [5, 5.41) is 3.40. The second-order valence-electron chi connectivity index (χ2n) is 4.90. The zero-order chi connectivity index (χ0) is 13.4. The van der Waals surface area contributed by atoms with Gasteiger partial charge in [-0.25, -0.2) is 4.72 Å². The number of nitrogens with zero attached hydrogens (tertiary/aromatic N) is 1. The second-order valence-corrected chi connectivity index (χ2v) is 6.66. The van der Waals surface area contributed by atoms with Crippen LogP contribution in [-0.4, -0.2) is 44.9 Å². The number of hydrogen-bond donors (Lipinski definition) is 2. The van der Waals surface area contributed by atoms with E-state index in [0.717, 1.165) is 25.8 Å². The highest BCUT2D eigenvalue weighted by atomic mass is 32.2. The molecule has 0 spiro atoms. The molecular formula is C12H27N3O2S. The van der Waals surface area contributed by atoms with Gasteiger partial charge in [0.15, 0.2) is 0 Å². The van der Waals surface area contributed by atoms with Crippen LogP contribution in [0.1, 0.15) is 46.0 Å². The topological polar surface area (TPSA) is 61.4 Å². The fourth-order valence-electron chi connectivity index (χ4n) is 2.21. The summed E-state index contributed by atoms with van der Waals surface area (Å²) in [6.07, 6.45) is 5.13. The van der Waals surface area contributed by atoms with Crippen LogP contribution in [-0.2, 0) is 10.2 Å². The van der Waals surface area contributed by atoms with Gasteiger partial charge >= 0.3 is 0 Å². The van der Waals surface area contributed by atoms with E-state index in [2.05, 4.69) is 10.0 Å². The monoisotopic (exact) mass is 277 g/mol. The van der Waals surface area contributed by atoms with Crippen LogP contribution >= 0.6 is 0 Å². The van der Waals surface area contributed by atoms with Crippen LogP contribution in [0.3, 0.4) is 0 Å². The van der Waals surface area contributed by atoms with Crippen LogP contribution in [0.15, 0.2) is 0 Å². The molecule has 0 radical (unpaired) electrons. The predicted octanol–water partition coefficient (Wildman–Crippen LogP) is 1.08. The third-order valence-corrected chi connectivity index (χ3v) is 4.76. The van der Waals surface area contributed by atoms with Gasteiger partial charge in [-0.2, -0.15) is 12.7 Å². The molecule has 0 aromatic heterocycles. The Kier molecular flexibility index (Phi) is 7.14. The lowest BCUT2D eigenvalue weighted by Crippen LogP contribution is -2.49. The number of hydrogen-bond acceptors (Lipinski definition) is 3. The Morgan fingerprint density at radius 2 is 2.06 bits per heavy atom. The SMILES string of the molecule is CCCNS(=O)(=O)N(CCC)CC1CCCCN1. The molecule has 1 aliphatic rings. The zero-order valence-electron chi connectivity index (χ0n) is 11.6. The molecular weight excluding hydrogens is 250 g/mol. The molecule has 1 aliphatic heterocycles. The van der Waals surface area contributed by atoms with Crippen molar-refractivity contribution in [2.75, 3.05) is 26.2 Å².